The molecule has 0 aliphatic carbocycles. The Morgan fingerprint density at radius 2 is 2.36 bits per heavy atom. The van der Waals surface area contributed by atoms with E-state index in [0.717, 1.165) is 10.1 Å². The maximum atomic E-state index is 9.05. The number of fused-ring (bicyclic) bond motifs is 1. The van der Waals surface area contributed by atoms with Crippen LogP contribution in [0.15, 0.2) is 17.5 Å². The number of benzene rings is 1. The second-order valence-electron chi connectivity index (χ2n) is 2.83. The van der Waals surface area contributed by atoms with E-state index in [9.17, 15) is 0 Å². The molecule has 0 saturated heterocycles. The van der Waals surface area contributed by atoms with Crippen LogP contribution >= 0.6 is 22.9 Å². The molecule has 0 saturated carbocycles. The van der Waals surface area contributed by atoms with Gasteiger partial charge in [-0.15, -0.1) is 11.3 Å². The summed E-state index contributed by atoms with van der Waals surface area (Å²) in [6.45, 7) is -0.138. The lowest BCUT2D eigenvalue weighted by molar-refractivity contribution is 0.282. The molecular formula is C10H6ClNOS. The van der Waals surface area contributed by atoms with E-state index in [4.69, 9.17) is 22.0 Å². The highest BCUT2D eigenvalue weighted by atomic mass is 35.5. The largest absolute Gasteiger partial charge is 0.392 e. The zero-order chi connectivity index (χ0) is 10.1. The van der Waals surface area contributed by atoms with Crippen LogP contribution in [0.4, 0.5) is 0 Å². The Hall–Kier alpha value is -1.08. The smallest absolute Gasteiger partial charge is 0.101 e. The first-order valence-corrected chi connectivity index (χ1v) is 5.23. The molecule has 0 fully saturated rings. The summed E-state index contributed by atoms with van der Waals surface area (Å²) in [5.41, 5.74) is 1.06. The number of thiophene rings is 1. The van der Waals surface area contributed by atoms with Crippen molar-refractivity contribution < 1.29 is 5.11 Å². The van der Waals surface area contributed by atoms with Crippen LogP contribution in [-0.2, 0) is 6.61 Å². The molecule has 2 nitrogen and oxygen atoms in total. The molecule has 4 heteroatoms. The van der Waals surface area contributed by atoms with Gasteiger partial charge < -0.3 is 5.11 Å². The third-order valence-electron chi connectivity index (χ3n) is 2.05. The summed E-state index contributed by atoms with van der Waals surface area (Å²) in [5, 5.41) is 21.1. The van der Waals surface area contributed by atoms with Crippen LogP contribution in [0.2, 0.25) is 5.02 Å². The Bertz CT molecular complexity index is 527. The van der Waals surface area contributed by atoms with Gasteiger partial charge in [-0.2, -0.15) is 5.26 Å². The molecule has 1 aromatic carbocycles. The second kappa shape index (κ2) is 3.58. The number of halogens is 1. The molecule has 0 radical (unpaired) electrons. The van der Waals surface area contributed by atoms with Gasteiger partial charge in [0.1, 0.15) is 6.07 Å². The Labute approximate surface area is 90.0 Å². The second-order valence-corrected chi connectivity index (χ2v) is 4.15. The van der Waals surface area contributed by atoms with Crippen LogP contribution in [0.3, 0.4) is 0 Å². The third kappa shape index (κ3) is 1.28. The van der Waals surface area contributed by atoms with E-state index in [2.05, 4.69) is 6.07 Å². The van der Waals surface area contributed by atoms with Gasteiger partial charge >= 0.3 is 0 Å². The van der Waals surface area contributed by atoms with E-state index >= 15 is 0 Å². The highest BCUT2D eigenvalue weighted by molar-refractivity contribution is 7.17. The van der Waals surface area contributed by atoms with Gasteiger partial charge in [-0.3, -0.25) is 0 Å². The van der Waals surface area contributed by atoms with E-state index < -0.39 is 0 Å². The molecule has 0 atom stereocenters. The summed E-state index contributed by atoms with van der Waals surface area (Å²) >= 11 is 7.50. The molecular weight excluding hydrogens is 218 g/mol. The van der Waals surface area contributed by atoms with Crippen molar-refractivity contribution in [2.45, 2.75) is 6.61 Å². The summed E-state index contributed by atoms with van der Waals surface area (Å²) in [7, 11) is 0. The van der Waals surface area contributed by atoms with E-state index in [0.29, 0.717) is 16.1 Å². The van der Waals surface area contributed by atoms with Gasteiger partial charge in [0.05, 0.1) is 17.2 Å². The fourth-order valence-corrected chi connectivity index (χ4v) is 2.48. The maximum absolute atomic E-state index is 9.05. The Balaban J connectivity index is 2.89. The lowest BCUT2D eigenvalue weighted by Crippen LogP contribution is -1.88. The van der Waals surface area contributed by atoms with Gasteiger partial charge in [-0.05, 0) is 23.1 Å². The molecule has 0 unspecified atom stereocenters. The normalized spacial score (nSPS) is 10.4. The summed E-state index contributed by atoms with van der Waals surface area (Å²) in [5.74, 6) is 0. The van der Waals surface area contributed by atoms with Crippen LogP contribution in [0.5, 0.6) is 0 Å². The van der Waals surface area contributed by atoms with Crippen LogP contribution in [0, 0.1) is 11.3 Å². The Morgan fingerprint density at radius 3 is 3.00 bits per heavy atom. The van der Waals surface area contributed by atoms with Gasteiger partial charge in [-0.25, -0.2) is 0 Å². The van der Waals surface area contributed by atoms with Crippen molar-refractivity contribution in [3.63, 3.8) is 0 Å². The predicted octanol–water partition coefficient (Wildman–Crippen LogP) is 2.92. The van der Waals surface area contributed by atoms with Gasteiger partial charge in [0, 0.05) is 10.1 Å². The number of nitrogens with zero attached hydrogens (tertiary/aromatic N) is 1. The fraction of sp³-hybridized carbons (Fsp3) is 0.100. The quantitative estimate of drug-likeness (QED) is 0.808. The van der Waals surface area contributed by atoms with E-state index in [1.165, 1.54) is 11.3 Å². The van der Waals surface area contributed by atoms with E-state index in [1.54, 1.807) is 0 Å². The van der Waals surface area contributed by atoms with Gasteiger partial charge in [0.15, 0.2) is 0 Å². The maximum Gasteiger partial charge on any atom is 0.101 e. The van der Waals surface area contributed by atoms with Gasteiger partial charge in [-0.1, -0.05) is 11.6 Å². The minimum absolute atomic E-state index is 0.138. The van der Waals surface area contributed by atoms with Crippen LogP contribution in [0.1, 0.15) is 11.1 Å². The first-order valence-electron chi connectivity index (χ1n) is 3.97. The highest BCUT2D eigenvalue weighted by Crippen LogP contribution is 2.32. The van der Waals surface area contributed by atoms with E-state index in [1.807, 2.05) is 17.5 Å². The molecule has 0 bridgehead atoms. The number of hydrogen-bond donors (Lipinski definition) is 1. The molecule has 70 valence electrons. The first-order chi connectivity index (χ1) is 6.77. The van der Waals surface area contributed by atoms with Crippen molar-refractivity contribution in [3.05, 3.63) is 33.7 Å². The number of rotatable bonds is 1. The van der Waals surface area contributed by atoms with Crippen LogP contribution < -0.4 is 0 Å². The lowest BCUT2D eigenvalue weighted by Gasteiger charge is -2.03. The summed E-state index contributed by atoms with van der Waals surface area (Å²) in [6, 6.07) is 5.75. The molecule has 2 rings (SSSR count). The average molecular weight is 224 g/mol. The summed E-state index contributed by atoms with van der Waals surface area (Å²) in [6.07, 6.45) is 0. The molecule has 0 amide bonds. The van der Waals surface area contributed by atoms with Crippen molar-refractivity contribution in [3.8, 4) is 6.07 Å². The van der Waals surface area contributed by atoms with Gasteiger partial charge in [0.25, 0.3) is 0 Å². The Kier molecular flexibility index (Phi) is 2.42. The SMILES string of the molecule is N#Cc1c(Cl)c(CO)cc2sccc12. The molecule has 14 heavy (non-hydrogen) atoms. The number of aliphatic hydroxyl groups is 1. The first kappa shape index (κ1) is 9.47. The topological polar surface area (TPSA) is 44.0 Å². The van der Waals surface area contributed by atoms with Gasteiger partial charge in [0.2, 0.25) is 0 Å². The average Bonchev–Trinajstić information content (AvgIpc) is 2.64. The highest BCUT2D eigenvalue weighted by Gasteiger charge is 2.11. The zero-order valence-electron chi connectivity index (χ0n) is 7.12. The van der Waals surface area contributed by atoms with Crippen LogP contribution in [-0.4, -0.2) is 5.11 Å². The Morgan fingerprint density at radius 1 is 1.57 bits per heavy atom. The number of nitriles is 1. The van der Waals surface area contributed by atoms with Crippen molar-refractivity contribution in [1.82, 2.24) is 0 Å². The molecule has 1 N–H and O–H groups in total. The van der Waals surface area contributed by atoms with Crippen molar-refractivity contribution in [2.75, 3.05) is 0 Å². The van der Waals surface area contributed by atoms with Crippen molar-refractivity contribution in [2.24, 2.45) is 0 Å². The number of aliphatic hydroxyl groups excluding tert-OH is 1. The molecule has 1 heterocycles. The monoisotopic (exact) mass is 223 g/mol. The van der Waals surface area contributed by atoms with Crippen LogP contribution in [0.25, 0.3) is 10.1 Å². The summed E-state index contributed by atoms with van der Waals surface area (Å²) in [4.78, 5) is 0. The number of hydrogen-bond acceptors (Lipinski definition) is 3. The minimum Gasteiger partial charge on any atom is -0.392 e. The molecule has 2 aromatic rings. The summed E-state index contributed by atoms with van der Waals surface area (Å²) < 4.78 is 0.981. The molecule has 0 aliphatic rings. The molecule has 0 aliphatic heterocycles. The predicted molar refractivity (Wildman–Crippen MR) is 57.5 cm³/mol. The van der Waals surface area contributed by atoms with Crippen molar-refractivity contribution in [1.29, 1.82) is 5.26 Å². The lowest BCUT2D eigenvalue weighted by atomic mass is 10.1. The fourth-order valence-electron chi connectivity index (χ4n) is 1.36. The van der Waals surface area contributed by atoms with E-state index in [-0.39, 0.29) is 6.61 Å². The minimum atomic E-state index is -0.138. The molecule has 0 spiro atoms. The molecule has 1 aromatic heterocycles. The zero-order valence-corrected chi connectivity index (χ0v) is 8.69. The third-order valence-corrected chi connectivity index (χ3v) is 3.35. The standard InChI is InChI=1S/C10H6ClNOS/c11-10-6(5-13)3-9-7(1-2-14-9)8(10)4-12/h1-3,13H,5H2. The van der Waals surface area contributed by atoms with Crippen molar-refractivity contribution >= 4 is 33.0 Å².